The Morgan fingerprint density at radius 2 is 1.62 bits per heavy atom. The van der Waals surface area contributed by atoms with Crippen LogP contribution in [0.4, 0.5) is 0 Å². The van der Waals surface area contributed by atoms with Crippen LogP contribution in [0.1, 0.15) is 0 Å². The van der Waals surface area contributed by atoms with Gasteiger partial charge in [-0.05, 0) is 0 Å². The van der Waals surface area contributed by atoms with E-state index >= 15 is 0 Å². The maximum absolute atomic E-state index is 8.06. The first-order valence-corrected chi connectivity index (χ1v) is 6.37. The van der Waals surface area contributed by atoms with E-state index in [4.69, 9.17) is 5.53 Å². The summed E-state index contributed by atoms with van der Waals surface area (Å²) in [6.07, 6.45) is 0. The van der Waals surface area contributed by atoms with Crippen molar-refractivity contribution in [2.24, 2.45) is 4.88 Å². The van der Waals surface area contributed by atoms with Crippen molar-refractivity contribution < 1.29 is 0 Å². The molecule has 0 aromatic carbocycles. The molecule has 0 saturated carbocycles. The molecule has 3 nitrogen and oxygen atoms in total. The fourth-order valence-electron chi connectivity index (χ4n) is 0.160. The van der Waals surface area contributed by atoms with Crippen molar-refractivity contribution in [1.82, 2.24) is 0 Å². The number of azide groups is 1. The van der Waals surface area contributed by atoms with Gasteiger partial charge in [-0.25, -0.2) is 0 Å². The van der Waals surface area contributed by atoms with Gasteiger partial charge in [-0.3, -0.25) is 0 Å². The van der Waals surface area contributed by atoms with E-state index in [2.05, 4.69) is 9.80 Å². The Morgan fingerprint density at radius 3 is 1.62 bits per heavy atom. The molecule has 0 aromatic heterocycles. The van der Waals surface area contributed by atoms with E-state index < -0.39 is 6.75 Å². The monoisotopic (exact) mass is 133 g/mol. The minimum atomic E-state index is -1.90. The molecule has 0 bridgehead atoms. The van der Waals surface area contributed by atoms with Gasteiger partial charge in [-0.15, -0.1) is 0 Å². The van der Waals surface area contributed by atoms with E-state index in [0.29, 0.717) is 0 Å². The minimum absolute atomic E-state index is 1.90. The first-order valence-electron chi connectivity index (χ1n) is 2.39. The van der Waals surface area contributed by atoms with Crippen LogP contribution in [0.5, 0.6) is 0 Å². The van der Waals surface area contributed by atoms with Crippen molar-refractivity contribution in [1.29, 1.82) is 0 Å². The molecule has 0 atom stereocenters. The van der Waals surface area contributed by atoms with Gasteiger partial charge in [-0.1, -0.05) is 0 Å². The van der Waals surface area contributed by atoms with Crippen LogP contribution < -0.4 is 0 Å². The molecule has 0 rings (SSSR count). The van der Waals surface area contributed by atoms with Crippen molar-refractivity contribution >= 4 is 6.75 Å². The van der Waals surface area contributed by atoms with E-state index in [-0.39, 0.29) is 0 Å². The molecule has 0 amide bonds. The van der Waals surface area contributed by atoms with Gasteiger partial charge in [-0.2, -0.15) is 0 Å². The zero-order valence-corrected chi connectivity index (χ0v) is 6.68. The fraction of sp³-hybridized carbons (Fsp3) is 1.00. The van der Waals surface area contributed by atoms with E-state index in [9.17, 15) is 0 Å². The van der Waals surface area contributed by atoms with Gasteiger partial charge in [0.05, 0.1) is 0 Å². The van der Waals surface area contributed by atoms with Gasteiger partial charge in [0.2, 0.25) is 0 Å². The molecular weight excluding hydrogens is 121 g/mol. The molecule has 0 saturated heterocycles. The van der Waals surface area contributed by atoms with Crippen molar-refractivity contribution in [3.8, 4) is 0 Å². The molecule has 0 aromatic rings. The molecule has 48 valence electrons. The van der Waals surface area contributed by atoms with E-state index in [1.54, 1.807) is 0 Å². The normalized spacial score (nSPS) is 15.8. The summed E-state index contributed by atoms with van der Waals surface area (Å²) in [5, 5.41) is 0. The van der Waals surface area contributed by atoms with Crippen molar-refractivity contribution in [3.63, 3.8) is 0 Å². The first kappa shape index (κ1) is 7.74. The first-order chi connectivity index (χ1) is 3.31. The molecule has 4 heteroatoms. The van der Waals surface area contributed by atoms with Crippen LogP contribution in [-0.4, -0.2) is 26.7 Å². The molecule has 0 N–H and O–H groups in total. The Labute approximate surface area is 49.7 Å². The second-order valence-electron chi connectivity index (χ2n) is 3.66. The summed E-state index contributed by atoms with van der Waals surface area (Å²) in [5.41, 5.74) is 8.06. The second kappa shape index (κ2) is 1.61. The van der Waals surface area contributed by atoms with Gasteiger partial charge in [0, 0.05) is 0 Å². The van der Waals surface area contributed by atoms with Gasteiger partial charge in [0.1, 0.15) is 0 Å². The topological polar surface area (TPSA) is 48.8 Å². The Kier molecular flexibility index (Phi) is 1.56. The van der Waals surface area contributed by atoms with Crippen LogP contribution in [0.15, 0.2) is 4.88 Å². The third-order valence-electron chi connectivity index (χ3n) is 0.398. The number of hydrogen-bond donors (Lipinski definition) is 0. The van der Waals surface area contributed by atoms with Crippen molar-refractivity contribution in [2.45, 2.75) is 0 Å². The predicted molar refractivity (Wildman–Crippen MR) is 39.8 cm³/mol. The zero-order valence-electron chi connectivity index (χ0n) is 5.79. The van der Waals surface area contributed by atoms with Crippen LogP contribution in [0.2, 0.25) is 0 Å². The standard InChI is InChI=1S/C4H12N3P/c1-8(2,3,4)7-6-5/h1-4H3. The SMILES string of the molecule is CP(C)(C)(C)N=[N+]=[N-]. The summed E-state index contributed by atoms with van der Waals surface area (Å²) in [5.74, 6) is 0. The number of nitrogens with zero attached hydrogens (tertiary/aromatic N) is 3. The molecule has 0 heterocycles. The van der Waals surface area contributed by atoms with E-state index in [1.165, 1.54) is 0 Å². The van der Waals surface area contributed by atoms with Crippen LogP contribution in [0.3, 0.4) is 0 Å². The average Bonchev–Trinajstić information content (AvgIpc) is 1.25. The Bertz CT molecular complexity index is 128. The molecule has 0 aliphatic heterocycles. The quantitative estimate of drug-likeness (QED) is 0.228. The molecule has 0 spiro atoms. The van der Waals surface area contributed by atoms with Crippen molar-refractivity contribution in [3.05, 3.63) is 10.4 Å². The van der Waals surface area contributed by atoms with Crippen LogP contribution in [0.25, 0.3) is 10.4 Å². The van der Waals surface area contributed by atoms with Crippen LogP contribution >= 0.6 is 6.75 Å². The summed E-state index contributed by atoms with van der Waals surface area (Å²) in [7, 11) is 0. The van der Waals surface area contributed by atoms with Gasteiger partial charge in [0.25, 0.3) is 0 Å². The number of rotatable bonds is 1. The second-order valence-corrected chi connectivity index (χ2v) is 10.8. The summed E-state index contributed by atoms with van der Waals surface area (Å²) < 4.78 is 0. The van der Waals surface area contributed by atoms with Crippen LogP contribution in [-0.2, 0) is 0 Å². The molecule has 0 fully saturated rings. The molecular formula is C4H12N3P. The zero-order chi connectivity index (χ0) is 6.86. The van der Waals surface area contributed by atoms with Crippen LogP contribution in [0, 0.1) is 0 Å². The third kappa shape index (κ3) is 5.74. The summed E-state index contributed by atoms with van der Waals surface area (Å²) in [4.78, 5) is 6.46. The Morgan fingerprint density at radius 1 is 1.25 bits per heavy atom. The summed E-state index contributed by atoms with van der Waals surface area (Å²) in [6.45, 7) is 6.12. The Hall–Kier alpha value is -0.260. The van der Waals surface area contributed by atoms with E-state index in [0.717, 1.165) is 0 Å². The molecule has 0 radical (unpaired) electrons. The number of hydrogen-bond acceptors (Lipinski definition) is 1. The third-order valence-corrected chi connectivity index (χ3v) is 1.19. The maximum atomic E-state index is 8.06. The molecule has 0 aliphatic carbocycles. The predicted octanol–water partition coefficient (Wildman–Crippen LogP) is 2.28. The average molecular weight is 133 g/mol. The molecule has 8 heavy (non-hydrogen) atoms. The Balaban J connectivity index is 4.38. The van der Waals surface area contributed by atoms with Gasteiger partial charge < -0.3 is 0 Å². The summed E-state index contributed by atoms with van der Waals surface area (Å²) >= 11 is 0. The van der Waals surface area contributed by atoms with E-state index in [1.807, 2.05) is 26.7 Å². The fourth-order valence-corrected chi connectivity index (χ4v) is 0.480. The van der Waals surface area contributed by atoms with Gasteiger partial charge >= 0.3 is 48.7 Å². The molecule has 0 unspecified atom stereocenters. The van der Waals surface area contributed by atoms with Crippen molar-refractivity contribution in [2.75, 3.05) is 26.7 Å². The molecule has 0 aliphatic rings. The summed E-state index contributed by atoms with van der Waals surface area (Å²) in [6, 6.07) is 0. The van der Waals surface area contributed by atoms with Gasteiger partial charge in [0.15, 0.2) is 0 Å².